The van der Waals surface area contributed by atoms with E-state index in [0.29, 0.717) is 17.1 Å². The van der Waals surface area contributed by atoms with Gasteiger partial charge in [0.05, 0.1) is 23.8 Å². The normalized spacial score (nSPS) is 10.1. The molecule has 0 aromatic carbocycles. The lowest BCUT2D eigenvalue weighted by molar-refractivity contribution is -0.384. The number of hydrogen-bond donors (Lipinski definition) is 0. The van der Waals surface area contributed by atoms with Crippen molar-refractivity contribution in [1.82, 2.24) is 9.97 Å². The maximum Gasteiger partial charge on any atom is 0.274 e. The lowest BCUT2D eigenvalue weighted by atomic mass is 10.1. The van der Waals surface area contributed by atoms with Gasteiger partial charge in [-0.25, -0.2) is 9.97 Å². The van der Waals surface area contributed by atoms with Crippen LogP contribution in [0.15, 0.2) is 30.5 Å². The van der Waals surface area contributed by atoms with Gasteiger partial charge in [0.1, 0.15) is 5.15 Å². The first kappa shape index (κ1) is 12.3. The number of nitrogens with zero attached hydrogens (tertiary/aromatic N) is 3. The van der Waals surface area contributed by atoms with Gasteiger partial charge < -0.3 is 4.74 Å². The monoisotopic (exact) mass is 265 g/mol. The number of halogens is 1. The fraction of sp³-hybridized carbons (Fsp3) is 0.0909. The van der Waals surface area contributed by atoms with Gasteiger partial charge in [0.2, 0.25) is 5.88 Å². The quantitative estimate of drug-likeness (QED) is 0.484. The van der Waals surface area contributed by atoms with Crippen LogP contribution in [0.3, 0.4) is 0 Å². The molecule has 0 spiro atoms. The number of nitro groups is 1. The second-order valence-corrected chi connectivity index (χ2v) is 3.76. The summed E-state index contributed by atoms with van der Waals surface area (Å²) in [4.78, 5) is 18.2. The Labute approximate surface area is 107 Å². The van der Waals surface area contributed by atoms with Crippen LogP contribution in [0.25, 0.3) is 11.3 Å². The van der Waals surface area contributed by atoms with Crippen LogP contribution in [0, 0.1) is 10.1 Å². The van der Waals surface area contributed by atoms with Crippen LogP contribution in [0.1, 0.15) is 0 Å². The molecule has 0 aliphatic heterocycles. The zero-order valence-corrected chi connectivity index (χ0v) is 10.1. The van der Waals surface area contributed by atoms with E-state index in [0.717, 1.165) is 0 Å². The molecule has 0 fully saturated rings. The third-order valence-electron chi connectivity index (χ3n) is 2.23. The van der Waals surface area contributed by atoms with Gasteiger partial charge in [-0.3, -0.25) is 10.1 Å². The lowest BCUT2D eigenvalue weighted by Gasteiger charge is -2.03. The van der Waals surface area contributed by atoms with Crippen molar-refractivity contribution in [2.45, 2.75) is 0 Å². The van der Waals surface area contributed by atoms with Crippen molar-refractivity contribution in [3.05, 3.63) is 45.7 Å². The zero-order chi connectivity index (χ0) is 13.1. The third-order valence-corrected chi connectivity index (χ3v) is 2.42. The van der Waals surface area contributed by atoms with Crippen molar-refractivity contribution in [3.63, 3.8) is 0 Å². The molecule has 0 saturated heterocycles. The van der Waals surface area contributed by atoms with E-state index in [4.69, 9.17) is 16.3 Å². The van der Waals surface area contributed by atoms with Crippen molar-refractivity contribution in [2.75, 3.05) is 7.11 Å². The fourth-order valence-electron chi connectivity index (χ4n) is 1.42. The van der Waals surface area contributed by atoms with E-state index in [-0.39, 0.29) is 10.8 Å². The number of hydrogen-bond acceptors (Lipinski definition) is 5. The van der Waals surface area contributed by atoms with E-state index < -0.39 is 4.92 Å². The molecule has 2 rings (SSSR count). The van der Waals surface area contributed by atoms with E-state index in [1.54, 1.807) is 12.1 Å². The van der Waals surface area contributed by atoms with Crippen molar-refractivity contribution in [2.24, 2.45) is 0 Å². The summed E-state index contributed by atoms with van der Waals surface area (Å²) >= 11 is 5.76. The van der Waals surface area contributed by atoms with Gasteiger partial charge in [-0.05, 0) is 6.07 Å². The highest BCUT2D eigenvalue weighted by Gasteiger charge is 2.12. The molecular weight excluding hydrogens is 258 g/mol. The molecule has 6 nitrogen and oxygen atoms in total. The van der Waals surface area contributed by atoms with Gasteiger partial charge in [-0.1, -0.05) is 11.6 Å². The Morgan fingerprint density at radius 1 is 1.39 bits per heavy atom. The molecule has 0 bridgehead atoms. The van der Waals surface area contributed by atoms with Crippen LogP contribution >= 0.6 is 11.6 Å². The van der Waals surface area contributed by atoms with E-state index in [9.17, 15) is 10.1 Å². The summed E-state index contributed by atoms with van der Waals surface area (Å²) in [6.45, 7) is 0. The maximum absolute atomic E-state index is 10.7. The average Bonchev–Trinajstić information content (AvgIpc) is 2.38. The van der Waals surface area contributed by atoms with Crippen LogP contribution in [-0.2, 0) is 0 Å². The Morgan fingerprint density at radius 2 is 2.17 bits per heavy atom. The van der Waals surface area contributed by atoms with Crippen molar-refractivity contribution >= 4 is 17.3 Å². The first-order valence-electron chi connectivity index (χ1n) is 4.92. The predicted octanol–water partition coefficient (Wildman–Crippen LogP) is 2.71. The zero-order valence-electron chi connectivity index (χ0n) is 9.33. The third kappa shape index (κ3) is 2.54. The molecule has 2 heterocycles. The Balaban J connectivity index is 2.52. The smallest absolute Gasteiger partial charge is 0.274 e. The molecule has 7 heteroatoms. The number of rotatable bonds is 3. The molecule has 92 valence electrons. The van der Waals surface area contributed by atoms with Crippen molar-refractivity contribution in [3.8, 4) is 17.1 Å². The van der Waals surface area contributed by atoms with Gasteiger partial charge in [0.25, 0.3) is 5.69 Å². The predicted molar refractivity (Wildman–Crippen MR) is 65.7 cm³/mol. The van der Waals surface area contributed by atoms with Crippen LogP contribution in [0.5, 0.6) is 5.88 Å². The summed E-state index contributed by atoms with van der Waals surface area (Å²) in [5.74, 6) is 0.400. The molecule has 2 aromatic heterocycles. The molecule has 0 radical (unpaired) electrons. The molecule has 18 heavy (non-hydrogen) atoms. The second-order valence-electron chi connectivity index (χ2n) is 3.38. The molecule has 0 unspecified atom stereocenters. The first-order valence-corrected chi connectivity index (χ1v) is 5.30. The van der Waals surface area contributed by atoms with Gasteiger partial charge in [-0.2, -0.15) is 0 Å². The molecule has 0 saturated carbocycles. The highest BCUT2D eigenvalue weighted by Crippen LogP contribution is 2.26. The van der Waals surface area contributed by atoms with Crippen LogP contribution < -0.4 is 4.74 Å². The average molecular weight is 266 g/mol. The number of ether oxygens (including phenoxy) is 1. The Hall–Kier alpha value is -2.21. The van der Waals surface area contributed by atoms with E-state index in [2.05, 4.69) is 9.97 Å². The summed E-state index contributed by atoms with van der Waals surface area (Å²) < 4.78 is 4.98. The van der Waals surface area contributed by atoms with Crippen LogP contribution in [0.4, 0.5) is 5.69 Å². The molecule has 0 aliphatic rings. The Bertz CT molecular complexity index is 604. The number of pyridine rings is 2. The Morgan fingerprint density at radius 3 is 2.83 bits per heavy atom. The number of aromatic nitrogens is 2. The standard InChI is InChI=1S/C11H8ClN3O3/c1-18-11-4-7(2-3-13-11)9-5-8(15(16)17)6-10(12)14-9/h2-6H,1H3. The molecular formula is C11H8ClN3O3. The minimum absolute atomic E-state index is 0.0648. The number of methoxy groups -OCH3 is 1. The molecule has 0 atom stereocenters. The summed E-state index contributed by atoms with van der Waals surface area (Å²) in [5, 5.41) is 10.8. The van der Waals surface area contributed by atoms with E-state index in [1.165, 1.54) is 25.4 Å². The largest absolute Gasteiger partial charge is 0.481 e. The van der Waals surface area contributed by atoms with Gasteiger partial charge >= 0.3 is 0 Å². The summed E-state index contributed by atoms with van der Waals surface area (Å²) in [6.07, 6.45) is 1.53. The van der Waals surface area contributed by atoms with Gasteiger partial charge in [0.15, 0.2) is 0 Å². The molecule has 0 aliphatic carbocycles. The summed E-state index contributed by atoms with van der Waals surface area (Å²) in [7, 11) is 1.49. The van der Waals surface area contributed by atoms with E-state index in [1.807, 2.05) is 0 Å². The lowest BCUT2D eigenvalue weighted by Crippen LogP contribution is -1.93. The molecule has 0 amide bonds. The second kappa shape index (κ2) is 4.97. The van der Waals surface area contributed by atoms with Crippen LogP contribution in [0.2, 0.25) is 5.15 Å². The SMILES string of the molecule is COc1cc(-c2cc([N+](=O)[O-])cc(Cl)n2)ccn1. The van der Waals surface area contributed by atoms with Gasteiger partial charge in [-0.15, -0.1) is 0 Å². The highest BCUT2D eigenvalue weighted by atomic mass is 35.5. The summed E-state index contributed by atoms with van der Waals surface area (Å²) in [5.41, 5.74) is 0.933. The fourth-order valence-corrected chi connectivity index (χ4v) is 1.62. The highest BCUT2D eigenvalue weighted by molar-refractivity contribution is 6.29. The van der Waals surface area contributed by atoms with Gasteiger partial charge in [0, 0.05) is 23.9 Å². The minimum atomic E-state index is -0.518. The van der Waals surface area contributed by atoms with Crippen molar-refractivity contribution in [1.29, 1.82) is 0 Å². The Kier molecular flexibility index (Phi) is 3.38. The first-order chi connectivity index (χ1) is 8.60. The van der Waals surface area contributed by atoms with Crippen LogP contribution in [-0.4, -0.2) is 22.0 Å². The van der Waals surface area contributed by atoms with E-state index >= 15 is 0 Å². The maximum atomic E-state index is 10.7. The topological polar surface area (TPSA) is 78.2 Å². The summed E-state index contributed by atoms with van der Waals surface area (Å²) in [6, 6.07) is 5.84. The minimum Gasteiger partial charge on any atom is -0.481 e. The van der Waals surface area contributed by atoms with Crippen molar-refractivity contribution < 1.29 is 9.66 Å². The molecule has 2 aromatic rings. The molecule has 0 N–H and O–H groups in total.